The Morgan fingerprint density at radius 1 is 0.889 bits per heavy atom. The van der Waals surface area contributed by atoms with Crippen molar-refractivity contribution in [2.24, 2.45) is 0 Å². The quantitative estimate of drug-likeness (QED) is 0.629. The van der Waals surface area contributed by atoms with Gasteiger partial charge < -0.3 is 9.47 Å². The molecule has 4 rings (SSSR count). The molecular formula is C21H25N5S. The lowest BCUT2D eigenvalue weighted by Crippen LogP contribution is -2.47. The van der Waals surface area contributed by atoms with E-state index in [1.54, 1.807) is 0 Å². The van der Waals surface area contributed by atoms with E-state index in [-0.39, 0.29) is 0 Å². The molecule has 27 heavy (non-hydrogen) atoms. The monoisotopic (exact) mass is 379 g/mol. The molecule has 2 heterocycles. The molecule has 3 aromatic rings. The zero-order valence-electron chi connectivity index (χ0n) is 15.7. The van der Waals surface area contributed by atoms with Crippen molar-refractivity contribution in [3.8, 4) is 11.4 Å². The Morgan fingerprint density at radius 2 is 1.52 bits per heavy atom. The third-order valence-corrected chi connectivity index (χ3v) is 5.53. The van der Waals surface area contributed by atoms with Gasteiger partial charge in [-0.2, -0.15) is 5.10 Å². The molecule has 0 spiro atoms. The van der Waals surface area contributed by atoms with Crippen LogP contribution < -0.4 is 4.90 Å². The molecule has 1 aromatic heterocycles. The number of aromatic nitrogens is 3. The molecule has 0 atom stereocenters. The Kier molecular flexibility index (Phi) is 5.36. The molecule has 5 nitrogen and oxygen atoms in total. The second kappa shape index (κ2) is 8.06. The summed E-state index contributed by atoms with van der Waals surface area (Å²) < 4.78 is 4.88. The van der Waals surface area contributed by atoms with Crippen LogP contribution in [-0.4, -0.2) is 45.4 Å². The number of hydrogen-bond donors (Lipinski definition) is 0. The highest BCUT2D eigenvalue weighted by molar-refractivity contribution is 7.71. The van der Waals surface area contributed by atoms with Crippen LogP contribution in [0.25, 0.3) is 11.4 Å². The second-order valence-corrected chi connectivity index (χ2v) is 7.16. The van der Waals surface area contributed by atoms with Crippen LogP contribution in [0.2, 0.25) is 0 Å². The summed E-state index contributed by atoms with van der Waals surface area (Å²) >= 11 is 5.71. The van der Waals surface area contributed by atoms with Crippen LogP contribution in [0.5, 0.6) is 0 Å². The van der Waals surface area contributed by atoms with Crippen LogP contribution in [0.3, 0.4) is 0 Å². The molecule has 0 bridgehead atoms. The van der Waals surface area contributed by atoms with Gasteiger partial charge in [0.25, 0.3) is 0 Å². The number of rotatable bonds is 5. The van der Waals surface area contributed by atoms with Crippen molar-refractivity contribution >= 4 is 17.9 Å². The Balaban J connectivity index is 1.48. The first kappa shape index (κ1) is 17.9. The zero-order chi connectivity index (χ0) is 18.6. The largest absolute Gasteiger partial charge is 0.369 e. The molecule has 1 aliphatic rings. The lowest BCUT2D eigenvalue weighted by molar-refractivity contribution is 0.194. The Morgan fingerprint density at radius 3 is 2.15 bits per heavy atom. The average molecular weight is 380 g/mol. The molecule has 0 N–H and O–H groups in total. The summed E-state index contributed by atoms with van der Waals surface area (Å²) in [6.07, 6.45) is 0. The molecule has 0 radical (unpaired) electrons. The number of para-hydroxylation sites is 1. The molecule has 140 valence electrons. The standard InChI is InChI=1S/C21H25N5S/c1-2-25-20(18-9-5-3-6-10-18)22-26(21(25)27)17-23-13-15-24(16-14-23)19-11-7-4-8-12-19/h3-12H,2,13-17H2,1H3. The van der Waals surface area contributed by atoms with Crippen LogP contribution in [0.1, 0.15) is 6.92 Å². The maximum absolute atomic E-state index is 5.71. The second-order valence-electron chi connectivity index (χ2n) is 6.80. The zero-order valence-corrected chi connectivity index (χ0v) is 16.5. The van der Waals surface area contributed by atoms with Gasteiger partial charge in [0.05, 0.1) is 6.67 Å². The minimum atomic E-state index is 0.744. The summed E-state index contributed by atoms with van der Waals surface area (Å²) in [5.41, 5.74) is 2.41. The summed E-state index contributed by atoms with van der Waals surface area (Å²) in [6, 6.07) is 20.9. The predicted octanol–water partition coefficient (Wildman–Crippen LogP) is 3.88. The number of hydrogen-bond acceptors (Lipinski definition) is 4. The minimum Gasteiger partial charge on any atom is -0.369 e. The molecule has 0 aliphatic carbocycles. The molecule has 0 amide bonds. The summed E-state index contributed by atoms with van der Waals surface area (Å²) in [7, 11) is 0. The number of nitrogens with zero attached hydrogens (tertiary/aromatic N) is 5. The maximum Gasteiger partial charge on any atom is 0.199 e. The van der Waals surface area contributed by atoms with Gasteiger partial charge in [-0.25, -0.2) is 4.68 Å². The van der Waals surface area contributed by atoms with Gasteiger partial charge in [-0.05, 0) is 31.3 Å². The highest BCUT2D eigenvalue weighted by Crippen LogP contribution is 2.19. The Labute approximate surface area is 165 Å². The van der Waals surface area contributed by atoms with E-state index in [0.717, 1.165) is 55.6 Å². The molecule has 2 aromatic carbocycles. The topological polar surface area (TPSA) is 29.2 Å². The van der Waals surface area contributed by atoms with E-state index in [0.29, 0.717) is 0 Å². The SMILES string of the molecule is CCn1c(-c2ccccc2)nn(CN2CCN(c3ccccc3)CC2)c1=S. The van der Waals surface area contributed by atoms with Gasteiger partial charge in [0, 0.05) is 44.0 Å². The fourth-order valence-electron chi connectivity index (χ4n) is 3.59. The normalized spacial score (nSPS) is 15.2. The molecule has 0 saturated carbocycles. The fourth-order valence-corrected chi connectivity index (χ4v) is 3.91. The highest BCUT2D eigenvalue weighted by atomic mass is 32.1. The average Bonchev–Trinajstić information content (AvgIpc) is 3.05. The first-order valence-electron chi connectivity index (χ1n) is 9.51. The molecule has 1 saturated heterocycles. The Bertz CT molecular complexity index is 924. The van der Waals surface area contributed by atoms with Crippen LogP contribution in [-0.2, 0) is 13.2 Å². The number of anilines is 1. The minimum absolute atomic E-state index is 0.744. The fraction of sp³-hybridized carbons (Fsp3) is 0.333. The van der Waals surface area contributed by atoms with Gasteiger partial charge in [0.1, 0.15) is 0 Å². The van der Waals surface area contributed by atoms with E-state index in [1.807, 2.05) is 22.9 Å². The van der Waals surface area contributed by atoms with Gasteiger partial charge in [-0.3, -0.25) is 4.90 Å². The van der Waals surface area contributed by atoms with Crippen molar-refractivity contribution in [2.45, 2.75) is 20.1 Å². The number of piperazine rings is 1. The van der Waals surface area contributed by atoms with Crippen molar-refractivity contribution in [2.75, 3.05) is 31.1 Å². The first-order chi connectivity index (χ1) is 13.3. The molecule has 6 heteroatoms. The van der Waals surface area contributed by atoms with Crippen molar-refractivity contribution in [1.29, 1.82) is 0 Å². The van der Waals surface area contributed by atoms with E-state index in [4.69, 9.17) is 17.3 Å². The number of benzene rings is 2. The van der Waals surface area contributed by atoms with Crippen molar-refractivity contribution in [1.82, 2.24) is 19.2 Å². The van der Waals surface area contributed by atoms with E-state index in [1.165, 1.54) is 5.69 Å². The van der Waals surface area contributed by atoms with Gasteiger partial charge in [0.2, 0.25) is 0 Å². The van der Waals surface area contributed by atoms with Gasteiger partial charge >= 0.3 is 0 Å². The van der Waals surface area contributed by atoms with Crippen LogP contribution >= 0.6 is 12.2 Å². The molecule has 1 fully saturated rings. The van der Waals surface area contributed by atoms with Crippen LogP contribution in [0.4, 0.5) is 5.69 Å². The summed E-state index contributed by atoms with van der Waals surface area (Å²) in [5, 5.41) is 4.84. The van der Waals surface area contributed by atoms with E-state index >= 15 is 0 Å². The maximum atomic E-state index is 5.71. The third-order valence-electron chi connectivity index (χ3n) is 5.10. The third kappa shape index (κ3) is 3.82. The lowest BCUT2D eigenvalue weighted by atomic mass is 10.2. The van der Waals surface area contributed by atoms with E-state index < -0.39 is 0 Å². The first-order valence-corrected chi connectivity index (χ1v) is 9.92. The van der Waals surface area contributed by atoms with Crippen LogP contribution in [0, 0.1) is 4.77 Å². The van der Waals surface area contributed by atoms with Crippen molar-refractivity contribution in [3.05, 3.63) is 65.4 Å². The highest BCUT2D eigenvalue weighted by Gasteiger charge is 2.19. The molecule has 1 aliphatic heterocycles. The Hall–Kier alpha value is -2.44. The summed E-state index contributed by atoms with van der Waals surface area (Å²) in [4.78, 5) is 4.87. The van der Waals surface area contributed by atoms with Crippen molar-refractivity contribution < 1.29 is 0 Å². The lowest BCUT2D eigenvalue weighted by Gasteiger charge is -2.35. The molecular weight excluding hydrogens is 354 g/mol. The smallest absolute Gasteiger partial charge is 0.199 e. The van der Waals surface area contributed by atoms with E-state index in [9.17, 15) is 0 Å². The van der Waals surface area contributed by atoms with Gasteiger partial charge in [0.15, 0.2) is 10.6 Å². The van der Waals surface area contributed by atoms with Gasteiger partial charge in [-0.1, -0.05) is 48.5 Å². The molecule has 0 unspecified atom stereocenters. The summed E-state index contributed by atoms with van der Waals surface area (Å²) in [5.74, 6) is 0.950. The van der Waals surface area contributed by atoms with E-state index in [2.05, 4.69) is 63.8 Å². The van der Waals surface area contributed by atoms with Crippen molar-refractivity contribution in [3.63, 3.8) is 0 Å². The van der Waals surface area contributed by atoms with Crippen LogP contribution in [0.15, 0.2) is 60.7 Å². The summed E-state index contributed by atoms with van der Waals surface area (Å²) in [6.45, 7) is 7.76. The van der Waals surface area contributed by atoms with Gasteiger partial charge in [-0.15, -0.1) is 0 Å². The predicted molar refractivity (Wildman–Crippen MR) is 112 cm³/mol.